The minimum atomic E-state index is 0.116. The Labute approximate surface area is 154 Å². The molecule has 3 aromatic carbocycles. The van der Waals surface area contributed by atoms with Crippen LogP contribution < -0.4 is 5.32 Å². The van der Waals surface area contributed by atoms with Crippen molar-refractivity contribution >= 4 is 5.91 Å². The van der Waals surface area contributed by atoms with Gasteiger partial charge in [0.2, 0.25) is 5.91 Å². The topological polar surface area (TPSA) is 29.1 Å². The lowest BCUT2D eigenvalue weighted by molar-refractivity contribution is -0.121. The molecule has 2 heteroatoms. The van der Waals surface area contributed by atoms with Crippen LogP contribution in [0.5, 0.6) is 0 Å². The van der Waals surface area contributed by atoms with Crippen LogP contribution >= 0.6 is 0 Å². The average molecular weight is 341 g/mol. The minimum absolute atomic E-state index is 0.116. The van der Waals surface area contributed by atoms with E-state index in [0.717, 1.165) is 6.42 Å². The summed E-state index contributed by atoms with van der Waals surface area (Å²) < 4.78 is 0. The van der Waals surface area contributed by atoms with Gasteiger partial charge >= 0.3 is 0 Å². The summed E-state index contributed by atoms with van der Waals surface area (Å²) in [6.45, 7) is 2.07. The molecular formula is C24H23NO. The van der Waals surface area contributed by atoms with Gasteiger partial charge < -0.3 is 5.32 Å². The number of carbonyl (C=O) groups excluding carboxylic acids is 1. The Bertz CT molecular complexity index is 871. The molecule has 2 nitrogen and oxygen atoms in total. The highest BCUT2D eigenvalue weighted by molar-refractivity contribution is 5.84. The summed E-state index contributed by atoms with van der Waals surface area (Å²) in [6.07, 6.45) is 1.34. The molecule has 0 heterocycles. The van der Waals surface area contributed by atoms with Gasteiger partial charge in [-0.15, -0.1) is 0 Å². The van der Waals surface area contributed by atoms with E-state index in [9.17, 15) is 4.79 Å². The molecule has 1 atom stereocenters. The SMILES string of the molecule is CC(Cc1ccccc1)NC(=O)CC1c2ccccc2-c2ccccc21. The number of fused-ring (bicyclic) bond motifs is 3. The van der Waals surface area contributed by atoms with Crippen molar-refractivity contribution < 1.29 is 4.79 Å². The Hall–Kier alpha value is -2.87. The number of nitrogens with one attached hydrogen (secondary N) is 1. The van der Waals surface area contributed by atoms with Crippen molar-refractivity contribution in [3.63, 3.8) is 0 Å². The molecule has 0 aliphatic heterocycles. The van der Waals surface area contributed by atoms with Crippen LogP contribution in [0.1, 0.15) is 36.0 Å². The summed E-state index contributed by atoms with van der Waals surface area (Å²) in [5.74, 6) is 0.260. The molecule has 26 heavy (non-hydrogen) atoms. The number of benzene rings is 3. The summed E-state index contributed by atoms with van der Waals surface area (Å²) >= 11 is 0. The quantitative estimate of drug-likeness (QED) is 0.700. The van der Waals surface area contributed by atoms with Crippen molar-refractivity contribution in [1.82, 2.24) is 5.32 Å². The van der Waals surface area contributed by atoms with Crippen LogP contribution in [-0.4, -0.2) is 11.9 Å². The molecule has 0 aromatic heterocycles. The van der Waals surface area contributed by atoms with Gasteiger partial charge in [0.05, 0.1) is 0 Å². The third kappa shape index (κ3) is 3.28. The van der Waals surface area contributed by atoms with Crippen LogP contribution in [-0.2, 0) is 11.2 Å². The fourth-order valence-electron chi connectivity index (χ4n) is 4.02. The Morgan fingerprint density at radius 3 is 2.00 bits per heavy atom. The Morgan fingerprint density at radius 2 is 1.38 bits per heavy atom. The maximum Gasteiger partial charge on any atom is 0.221 e. The summed E-state index contributed by atoms with van der Waals surface area (Å²) in [4.78, 5) is 12.7. The van der Waals surface area contributed by atoms with Gasteiger partial charge in [0.1, 0.15) is 0 Å². The Kier molecular flexibility index (Phi) is 4.57. The van der Waals surface area contributed by atoms with Gasteiger partial charge in [0.15, 0.2) is 0 Å². The molecule has 1 amide bonds. The monoisotopic (exact) mass is 341 g/mol. The first-order valence-corrected chi connectivity index (χ1v) is 9.24. The average Bonchev–Trinajstić information content (AvgIpc) is 2.97. The third-order valence-electron chi connectivity index (χ3n) is 5.14. The lowest BCUT2D eigenvalue weighted by Crippen LogP contribution is -2.34. The van der Waals surface area contributed by atoms with Crippen molar-refractivity contribution in [2.45, 2.75) is 31.7 Å². The number of rotatable bonds is 5. The van der Waals surface area contributed by atoms with E-state index < -0.39 is 0 Å². The van der Waals surface area contributed by atoms with Crippen LogP contribution in [0.25, 0.3) is 11.1 Å². The molecule has 1 aliphatic carbocycles. The first-order valence-electron chi connectivity index (χ1n) is 9.24. The standard InChI is InChI=1S/C24H23NO/c1-17(15-18-9-3-2-4-10-18)25-24(26)16-23-21-13-7-5-11-19(21)20-12-6-8-14-22(20)23/h2-14,17,23H,15-16H2,1H3,(H,25,26). The number of carbonyl (C=O) groups is 1. The molecule has 0 saturated carbocycles. The summed E-state index contributed by atoms with van der Waals surface area (Å²) in [5.41, 5.74) is 6.30. The molecule has 0 radical (unpaired) electrons. The molecule has 130 valence electrons. The lowest BCUT2D eigenvalue weighted by atomic mass is 9.93. The third-order valence-corrected chi connectivity index (χ3v) is 5.14. The molecule has 1 aliphatic rings. The maximum atomic E-state index is 12.7. The van der Waals surface area contributed by atoms with E-state index >= 15 is 0 Å². The Balaban J connectivity index is 1.48. The maximum absolute atomic E-state index is 12.7. The first-order chi connectivity index (χ1) is 12.7. The van der Waals surface area contributed by atoms with Gasteiger partial charge in [-0.3, -0.25) is 4.79 Å². The summed E-state index contributed by atoms with van der Waals surface area (Å²) in [7, 11) is 0. The van der Waals surface area contributed by atoms with Crippen LogP contribution in [0.3, 0.4) is 0 Å². The summed E-state index contributed by atoms with van der Waals surface area (Å²) in [6, 6.07) is 27.3. The second kappa shape index (κ2) is 7.17. The van der Waals surface area contributed by atoms with E-state index in [2.05, 4.69) is 72.9 Å². The zero-order valence-electron chi connectivity index (χ0n) is 15.0. The van der Waals surface area contributed by atoms with Crippen molar-refractivity contribution in [3.05, 3.63) is 95.6 Å². The van der Waals surface area contributed by atoms with Crippen LogP contribution in [0, 0.1) is 0 Å². The number of hydrogen-bond donors (Lipinski definition) is 1. The minimum Gasteiger partial charge on any atom is -0.353 e. The molecule has 0 spiro atoms. The molecule has 3 aromatic rings. The molecule has 0 bridgehead atoms. The van der Waals surface area contributed by atoms with Crippen LogP contribution in [0.15, 0.2) is 78.9 Å². The Morgan fingerprint density at radius 1 is 0.846 bits per heavy atom. The fourth-order valence-corrected chi connectivity index (χ4v) is 4.02. The number of hydrogen-bond acceptors (Lipinski definition) is 1. The highest BCUT2D eigenvalue weighted by atomic mass is 16.1. The highest BCUT2D eigenvalue weighted by Gasteiger charge is 2.29. The van der Waals surface area contributed by atoms with E-state index in [1.807, 2.05) is 18.2 Å². The van der Waals surface area contributed by atoms with E-state index in [-0.39, 0.29) is 17.9 Å². The zero-order chi connectivity index (χ0) is 17.9. The van der Waals surface area contributed by atoms with Gasteiger partial charge in [0.25, 0.3) is 0 Å². The van der Waals surface area contributed by atoms with Gasteiger partial charge in [-0.2, -0.15) is 0 Å². The van der Waals surface area contributed by atoms with Gasteiger partial charge in [-0.25, -0.2) is 0 Å². The predicted octanol–water partition coefficient (Wildman–Crippen LogP) is 4.94. The van der Waals surface area contributed by atoms with Gasteiger partial charge in [-0.1, -0.05) is 78.9 Å². The number of amides is 1. The largest absolute Gasteiger partial charge is 0.353 e. The lowest BCUT2D eigenvalue weighted by Gasteiger charge is -2.17. The molecule has 1 N–H and O–H groups in total. The van der Waals surface area contributed by atoms with Crippen molar-refractivity contribution in [1.29, 1.82) is 0 Å². The van der Waals surface area contributed by atoms with Crippen LogP contribution in [0.2, 0.25) is 0 Å². The van der Waals surface area contributed by atoms with Crippen molar-refractivity contribution in [2.24, 2.45) is 0 Å². The second-order valence-corrected chi connectivity index (χ2v) is 7.09. The normalized spacial score (nSPS) is 13.7. The molecule has 4 rings (SSSR count). The van der Waals surface area contributed by atoms with Gasteiger partial charge in [0, 0.05) is 18.4 Å². The molecular weight excluding hydrogens is 318 g/mol. The molecule has 1 unspecified atom stereocenters. The predicted molar refractivity (Wildman–Crippen MR) is 106 cm³/mol. The smallest absolute Gasteiger partial charge is 0.221 e. The van der Waals surface area contributed by atoms with Crippen LogP contribution in [0.4, 0.5) is 0 Å². The van der Waals surface area contributed by atoms with E-state index in [0.29, 0.717) is 6.42 Å². The highest BCUT2D eigenvalue weighted by Crippen LogP contribution is 2.45. The molecule has 0 saturated heterocycles. The first kappa shape index (κ1) is 16.6. The van der Waals surface area contributed by atoms with Crippen molar-refractivity contribution in [2.75, 3.05) is 0 Å². The fraction of sp³-hybridized carbons (Fsp3) is 0.208. The van der Waals surface area contributed by atoms with E-state index in [1.165, 1.54) is 27.8 Å². The molecule has 0 fully saturated rings. The van der Waals surface area contributed by atoms with E-state index in [1.54, 1.807) is 0 Å². The van der Waals surface area contributed by atoms with E-state index in [4.69, 9.17) is 0 Å². The van der Waals surface area contributed by atoms with Gasteiger partial charge in [-0.05, 0) is 41.2 Å². The van der Waals surface area contributed by atoms with Crippen molar-refractivity contribution in [3.8, 4) is 11.1 Å². The second-order valence-electron chi connectivity index (χ2n) is 7.09. The summed E-state index contributed by atoms with van der Waals surface area (Å²) in [5, 5.41) is 3.18. The zero-order valence-corrected chi connectivity index (χ0v) is 15.0.